The molecule has 0 saturated heterocycles. The number of ether oxygens (including phenoxy) is 1. The molecular weight excluding hydrogens is 184 g/mol. The first kappa shape index (κ1) is 10.1. The summed E-state index contributed by atoms with van der Waals surface area (Å²) in [7, 11) is 1.38. The molecular formula is C10H12O2S. The van der Waals surface area contributed by atoms with Crippen LogP contribution in [0.4, 0.5) is 0 Å². The number of hydrogen-bond acceptors (Lipinski definition) is 3. The maximum absolute atomic E-state index is 10.9. The molecule has 0 fully saturated rings. The molecule has 0 spiro atoms. The van der Waals surface area contributed by atoms with Crippen molar-refractivity contribution in [1.29, 1.82) is 0 Å². The zero-order valence-corrected chi connectivity index (χ0v) is 8.33. The molecule has 0 unspecified atom stereocenters. The number of benzene rings is 1. The van der Waals surface area contributed by atoms with Crippen molar-refractivity contribution >= 4 is 18.6 Å². The van der Waals surface area contributed by atoms with Crippen molar-refractivity contribution in [3.8, 4) is 0 Å². The molecule has 2 nitrogen and oxygen atoms in total. The lowest BCUT2D eigenvalue weighted by atomic mass is 10.1. The van der Waals surface area contributed by atoms with Crippen molar-refractivity contribution in [2.45, 2.75) is 11.7 Å². The van der Waals surface area contributed by atoms with Crippen LogP contribution < -0.4 is 0 Å². The molecule has 0 aliphatic carbocycles. The summed E-state index contributed by atoms with van der Waals surface area (Å²) in [6.45, 7) is 0. The molecule has 0 N–H and O–H groups in total. The van der Waals surface area contributed by atoms with E-state index in [1.54, 1.807) is 0 Å². The van der Waals surface area contributed by atoms with Gasteiger partial charge in [0, 0.05) is 5.25 Å². The molecule has 70 valence electrons. The molecule has 1 aromatic carbocycles. The predicted octanol–water partition coefficient (Wildman–Crippen LogP) is 2.22. The summed E-state index contributed by atoms with van der Waals surface area (Å²) < 4.78 is 4.55. The minimum absolute atomic E-state index is 0.0753. The molecule has 0 amide bonds. The van der Waals surface area contributed by atoms with Gasteiger partial charge in [0.25, 0.3) is 0 Å². The Kier molecular flexibility index (Phi) is 3.83. The Hall–Kier alpha value is -0.960. The fraction of sp³-hybridized carbons (Fsp3) is 0.300. The minimum atomic E-state index is -0.233. The Morgan fingerprint density at radius 1 is 1.46 bits per heavy atom. The van der Waals surface area contributed by atoms with E-state index in [1.165, 1.54) is 7.11 Å². The van der Waals surface area contributed by atoms with Crippen molar-refractivity contribution in [3.05, 3.63) is 35.9 Å². The number of carbonyl (C=O) groups excluding carboxylic acids is 1. The summed E-state index contributed by atoms with van der Waals surface area (Å²) in [6.07, 6.45) is 0.309. The zero-order chi connectivity index (χ0) is 9.68. The zero-order valence-electron chi connectivity index (χ0n) is 7.43. The topological polar surface area (TPSA) is 26.3 Å². The summed E-state index contributed by atoms with van der Waals surface area (Å²) in [5.41, 5.74) is 1.04. The van der Waals surface area contributed by atoms with Gasteiger partial charge >= 0.3 is 5.97 Å². The standard InChI is InChI=1S/C10H12O2S/c1-12-10(11)7-9(13)8-5-3-2-4-6-8/h2-6,9,13H,7H2,1H3/t9-/m0/s1. The Bertz CT molecular complexity index is 272. The predicted molar refractivity (Wildman–Crippen MR) is 54.8 cm³/mol. The van der Waals surface area contributed by atoms with E-state index in [1.807, 2.05) is 30.3 Å². The molecule has 1 atom stereocenters. The van der Waals surface area contributed by atoms with Crippen molar-refractivity contribution in [3.63, 3.8) is 0 Å². The van der Waals surface area contributed by atoms with Gasteiger partial charge in [-0.1, -0.05) is 30.3 Å². The monoisotopic (exact) mass is 196 g/mol. The van der Waals surface area contributed by atoms with Gasteiger partial charge in [-0.05, 0) is 5.56 Å². The number of hydrogen-bond donors (Lipinski definition) is 1. The molecule has 0 aromatic heterocycles. The second-order valence-corrected chi connectivity index (χ2v) is 3.33. The minimum Gasteiger partial charge on any atom is -0.469 e. The van der Waals surface area contributed by atoms with E-state index in [4.69, 9.17) is 0 Å². The Morgan fingerprint density at radius 3 is 2.62 bits per heavy atom. The summed E-state index contributed by atoms with van der Waals surface area (Å²) in [4.78, 5) is 10.9. The number of methoxy groups -OCH3 is 1. The average Bonchev–Trinajstić information content (AvgIpc) is 2.19. The van der Waals surface area contributed by atoms with Crippen LogP contribution in [0.5, 0.6) is 0 Å². The lowest BCUT2D eigenvalue weighted by Gasteiger charge is -2.08. The first-order chi connectivity index (χ1) is 6.24. The Balaban J connectivity index is 2.59. The fourth-order valence-corrected chi connectivity index (χ4v) is 1.36. The molecule has 0 aliphatic heterocycles. The van der Waals surface area contributed by atoms with Crippen LogP contribution in [0.15, 0.2) is 30.3 Å². The molecule has 0 bridgehead atoms. The van der Waals surface area contributed by atoms with Gasteiger partial charge in [-0.2, -0.15) is 12.6 Å². The SMILES string of the molecule is COC(=O)C[C@H](S)c1ccccc1. The third kappa shape index (κ3) is 3.11. The number of thiol groups is 1. The van der Waals surface area contributed by atoms with Gasteiger partial charge in [-0.25, -0.2) is 0 Å². The van der Waals surface area contributed by atoms with E-state index in [0.717, 1.165) is 5.56 Å². The maximum Gasteiger partial charge on any atom is 0.306 e. The van der Waals surface area contributed by atoms with Crippen LogP contribution in [0.25, 0.3) is 0 Å². The Labute approximate surface area is 83.3 Å². The van der Waals surface area contributed by atoms with Gasteiger partial charge in [-0.15, -0.1) is 0 Å². The molecule has 0 heterocycles. The van der Waals surface area contributed by atoms with Gasteiger partial charge in [0.1, 0.15) is 0 Å². The van der Waals surface area contributed by atoms with Crippen molar-refractivity contribution in [2.75, 3.05) is 7.11 Å². The lowest BCUT2D eigenvalue weighted by molar-refractivity contribution is -0.140. The molecule has 0 saturated carbocycles. The van der Waals surface area contributed by atoms with E-state index >= 15 is 0 Å². The number of rotatable bonds is 3. The van der Waals surface area contributed by atoms with Crippen LogP contribution in [0.3, 0.4) is 0 Å². The van der Waals surface area contributed by atoms with Gasteiger partial charge < -0.3 is 4.74 Å². The number of esters is 1. The van der Waals surface area contributed by atoms with Gasteiger partial charge in [0.05, 0.1) is 13.5 Å². The highest BCUT2D eigenvalue weighted by Crippen LogP contribution is 2.23. The molecule has 1 rings (SSSR count). The van der Waals surface area contributed by atoms with Crippen molar-refractivity contribution < 1.29 is 9.53 Å². The molecule has 0 aliphatic rings. The summed E-state index contributed by atoms with van der Waals surface area (Å²) in [5.74, 6) is -0.233. The molecule has 13 heavy (non-hydrogen) atoms. The highest BCUT2D eigenvalue weighted by Gasteiger charge is 2.11. The molecule has 3 heteroatoms. The first-order valence-electron chi connectivity index (χ1n) is 4.04. The van der Waals surface area contributed by atoms with E-state index in [9.17, 15) is 4.79 Å². The van der Waals surface area contributed by atoms with Crippen molar-refractivity contribution in [2.24, 2.45) is 0 Å². The average molecular weight is 196 g/mol. The number of carbonyl (C=O) groups is 1. The highest BCUT2D eigenvalue weighted by molar-refractivity contribution is 7.80. The first-order valence-corrected chi connectivity index (χ1v) is 4.55. The van der Waals surface area contributed by atoms with E-state index < -0.39 is 0 Å². The second-order valence-electron chi connectivity index (χ2n) is 2.71. The van der Waals surface area contributed by atoms with Gasteiger partial charge in [0.2, 0.25) is 0 Å². The van der Waals surface area contributed by atoms with E-state index in [0.29, 0.717) is 6.42 Å². The smallest absolute Gasteiger partial charge is 0.306 e. The van der Waals surface area contributed by atoms with Crippen LogP contribution in [0.1, 0.15) is 17.2 Å². The van der Waals surface area contributed by atoms with E-state index in [2.05, 4.69) is 17.4 Å². The van der Waals surface area contributed by atoms with Gasteiger partial charge in [-0.3, -0.25) is 4.79 Å². The molecule has 0 radical (unpaired) electrons. The van der Waals surface area contributed by atoms with E-state index in [-0.39, 0.29) is 11.2 Å². The van der Waals surface area contributed by atoms with Crippen LogP contribution in [0, 0.1) is 0 Å². The fourth-order valence-electron chi connectivity index (χ4n) is 1.03. The highest BCUT2D eigenvalue weighted by atomic mass is 32.1. The second kappa shape index (κ2) is 4.92. The lowest BCUT2D eigenvalue weighted by Crippen LogP contribution is -2.04. The largest absolute Gasteiger partial charge is 0.469 e. The van der Waals surface area contributed by atoms with Crippen LogP contribution >= 0.6 is 12.6 Å². The third-order valence-electron chi connectivity index (χ3n) is 1.77. The van der Waals surface area contributed by atoms with Gasteiger partial charge in [0.15, 0.2) is 0 Å². The maximum atomic E-state index is 10.9. The summed E-state index contributed by atoms with van der Waals surface area (Å²) >= 11 is 4.31. The summed E-state index contributed by atoms with van der Waals surface area (Å²) in [6, 6.07) is 9.68. The van der Waals surface area contributed by atoms with Crippen LogP contribution in [-0.4, -0.2) is 13.1 Å². The van der Waals surface area contributed by atoms with Crippen molar-refractivity contribution in [1.82, 2.24) is 0 Å². The quantitative estimate of drug-likeness (QED) is 0.592. The molecule has 1 aromatic rings. The third-order valence-corrected chi connectivity index (χ3v) is 2.25. The van der Waals surface area contributed by atoms with Crippen LogP contribution in [-0.2, 0) is 9.53 Å². The normalized spacial score (nSPS) is 12.2. The summed E-state index contributed by atoms with van der Waals surface area (Å²) in [5, 5.41) is -0.0753. The van der Waals surface area contributed by atoms with Crippen LogP contribution in [0.2, 0.25) is 0 Å². The Morgan fingerprint density at radius 2 is 2.08 bits per heavy atom.